The summed E-state index contributed by atoms with van der Waals surface area (Å²) < 4.78 is 53.7. The van der Waals surface area contributed by atoms with Crippen LogP contribution in [0, 0.1) is 13.8 Å². The highest BCUT2D eigenvalue weighted by molar-refractivity contribution is 7.98. The molecule has 0 saturated carbocycles. The van der Waals surface area contributed by atoms with Gasteiger partial charge in [-0.25, -0.2) is 21.6 Å². The predicted molar refractivity (Wildman–Crippen MR) is 121 cm³/mol. The van der Waals surface area contributed by atoms with E-state index in [1.54, 1.807) is 23.1 Å². The van der Waals surface area contributed by atoms with Gasteiger partial charge in [-0.3, -0.25) is 4.79 Å². The predicted octanol–water partition coefficient (Wildman–Crippen LogP) is 1.20. The van der Waals surface area contributed by atoms with Crippen LogP contribution in [0.5, 0.6) is 0 Å². The average Bonchev–Trinajstić information content (AvgIpc) is 2.72. The fourth-order valence-corrected chi connectivity index (χ4v) is 5.96. The molecule has 1 aliphatic heterocycles. The van der Waals surface area contributed by atoms with Crippen molar-refractivity contribution in [3.05, 3.63) is 29.3 Å². The van der Waals surface area contributed by atoms with Crippen molar-refractivity contribution in [2.24, 2.45) is 0 Å². The first-order valence-electron chi connectivity index (χ1n) is 9.87. The van der Waals surface area contributed by atoms with Gasteiger partial charge in [-0.05, 0) is 62.5 Å². The van der Waals surface area contributed by atoms with E-state index in [0.717, 1.165) is 11.1 Å². The Morgan fingerprint density at radius 1 is 1.10 bits per heavy atom. The number of hydrogen-bond donors (Lipinski definition) is 1. The van der Waals surface area contributed by atoms with Gasteiger partial charge in [0.1, 0.15) is 6.04 Å². The van der Waals surface area contributed by atoms with Gasteiger partial charge in [-0.1, -0.05) is 6.07 Å². The Morgan fingerprint density at radius 2 is 1.73 bits per heavy atom. The molecule has 2 rings (SSSR count). The molecule has 0 bridgehead atoms. The molecular weight excluding hydrogens is 446 g/mol. The van der Waals surface area contributed by atoms with Gasteiger partial charge in [0.15, 0.2) is 0 Å². The molecule has 1 atom stereocenters. The summed E-state index contributed by atoms with van der Waals surface area (Å²) in [5.74, 6) is 0.242. The first kappa shape index (κ1) is 25.1. The largest absolute Gasteiger partial charge is 0.339 e. The molecule has 1 N–H and O–H groups in total. The molecule has 8 nitrogen and oxygen atoms in total. The smallest absolute Gasteiger partial charge is 0.243 e. The Balaban J connectivity index is 2.08. The Kier molecular flexibility index (Phi) is 8.75. The van der Waals surface area contributed by atoms with Gasteiger partial charge in [0.25, 0.3) is 0 Å². The lowest BCUT2D eigenvalue weighted by Crippen LogP contribution is -2.56. The van der Waals surface area contributed by atoms with E-state index in [9.17, 15) is 21.6 Å². The number of piperazine rings is 1. The van der Waals surface area contributed by atoms with E-state index in [-0.39, 0.29) is 42.7 Å². The standard InChI is InChI=1S/C19H31N3O5S3/c1-5-29(24,25)20-18(8-13-28-4)19(23)21-9-11-22(12-10-21)30(26,27)17-7-6-15(2)16(3)14-17/h6-7,14,18,20H,5,8-13H2,1-4H3. The van der Waals surface area contributed by atoms with Crippen LogP contribution in [0.15, 0.2) is 23.1 Å². The van der Waals surface area contributed by atoms with E-state index >= 15 is 0 Å². The number of sulfonamides is 2. The normalized spacial score (nSPS) is 17.1. The first-order chi connectivity index (χ1) is 14.0. The van der Waals surface area contributed by atoms with Gasteiger partial charge in [-0.15, -0.1) is 0 Å². The molecule has 1 aromatic carbocycles. The minimum absolute atomic E-state index is 0.0992. The van der Waals surface area contributed by atoms with Gasteiger partial charge in [-0.2, -0.15) is 16.1 Å². The van der Waals surface area contributed by atoms with E-state index in [1.165, 1.54) is 23.0 Å². The van der Waals surface area contributed by atoms with E-state index in [2.05, 4.69) is 4.72 Å². The number of carbonyl (C=O) groups excluding carboxylic acids is 1. The number of carbonyl (C=O) groups is 1. The summed E-state index contributed by atoms with van der Waals surface area (Å²) in [6.07, 6.45) is 2.28. The van der Waals surface area contributed by atoms with Gasteiger partial charge < -0.3 is 4.90 Å². The summed E-state index contributed by atoms with van der Waals surface area (Å²) in [6.45, 7) is 6.13. The summed E-state index contributed by atoms with van der Waals surface area (Å²) in [5, 5.41) is 0. The third kappa shape index (κ3) is 6.19. The van der Waals surface area contributed by atoms with Crippen LogP contribution in [0.3, 0.4) is 0 Å². The maximum atomic E-state index is 13.0. The second-order valence-corrected chi connectivity index (χ2v) is 12.3. The van der Waals surface area contributed by atoms with Crippen molar-refractivity contribution >= 4 is 37.7 Å². The third-order valence-corrected chi connectivity index (χ3v) is 9.22. The lowest BCUT2D eigenvalue weighted by molar-refractivity contribution is -0.134. The average molecular weight is 478 g/mol. The lowest BCUT2D eigenvalue weighted by Gasteiger charge is -2.36. The molecule has 11 heteroatoms. The Hall–Kier alpha value is -1.14. The van der Waals surface area contributed by atoms with Gasteiger partial charge in [0.2, 0.25) is 26.0 Å². The van der Waals surface area contributed by atoms with Crippen LogP contribution >= 0.6 is 11.8 Å². The van der Waals surface area contributed by atoms with Crippen LogP contribution in [0.2, 0.25) is 0 Å². The Bertz CT molecular complexity index is 956. The number of nitrogens with one attached hydrogen (secondary N) is 1. The highest BCUT2D eigenvalue weighted by atomic mass is 32.2. The molecular formula is C19H31N3O5S3. The van der Waals surface area contributed by atoms with E-state index in [4.69, 9.17) is 0 Å². The first-order valence-corrected chi connectivity index (χ1v) is 14.4. The number of rotatable bonds is 9. The van der Waals surface area contributed by atoms with Crippen LogP contribution < -0.4 is 4.72 Å². The number of benzene rings is 1. The van der Waals surface area contributed by atoms with E-state index < -0.39 is 26.1 Å². The molecule has 1 unspecified atom stereocenters. The molecule has 1 fully saturated rings. The molecule has 1 aliphatic rings. The summed E-state index contributed by atoms with van der Waals surface area (Å²) in [5.41, 5.74) is 1.93. The molecule has 0 radical (unpaired) electrons. The van der Waals surface area contributed by atoms with Gasteiger partial charge in [0.05, 0.1) is 10.6 Å². The SMILES string of the molecule is CCS(=O)(=O)NC(CCSC)C(=O)N1CCN(S(=O)(=O)c2ccc(C)c(C)c2)CC1. The van der Waals surface area contributed by atoms with Crippen molar-refractivity contribution < 1.29 is 21.6 Å². The fraction of sp³-hybridized carbons (Fsp3) is 0.632. The number of nitrogens with zero attached hydrogens (tertiary/aromatic N) is 2. The maximum absolute atomic E-state index is 13.0. The summed E-state index contributed by atoms with van der Waals surface area (Å²) in [4.78, 5) is 14.7. The maximum Gasteiger partial charge on any atom is 0.243 e. The van der Waals surface area contributed by atoms with Crippen LogP contribution in [-0.4, -0.2) is 81.9 Å². The van der Waals surface area contributed by atoms with Crippen LogP contribution in [0.1, 0.15) is 24.5 Å². The monoisotopic (exact) mass is 477 g/mol. The summed E-state index contributed by atoms with van der Waals surface area (Å²) in [6, 6.07) is 4.23. The fourth-order valence-electron chi connectivity index (χ4n) is 3.16. The topological polar surface area (TPSA) is 104 Å². The molecule has 1 aromatic rings. The second-order valence-electron chi connectivity index (χ2n) is 7.33. The van der Waals surface area contributed by atoms with E-state index in [1.807, 2.05) is 20.1 Å². The van der Waals surface area contributed by atoms with Crippen molar-refractivity contribution in [3.63, 3.8) is 0 Å². The molecule has 0 aromatic heterocycles. The molecule has 1 saturated heterocycles. The van der Waals surface area contributed by atoms with Crippen LogP contribution in [-0.2, 0) is 24.8 Å². The van der Waals surface area contributed by atoms with E-state index in [0.29, 0.717) is 12.2 Å². The quantitative estimate of drug-likeness (QED) is 0.573. The van der Waals surface area contributed by atoms with Crippen molar-refractivity contribution in [2.75, 3.05) is 43.9 Å². The molecule has 1 heterocycles. The van der Waals surface area contributed by atoms with Crippen molar-refractivity contribution in [3.8, 4) is 0 Å². The van der Waals surface area contributed by atoms with Crippen molar-refractivity contribution in [1.29, 1.82) is 0 Å². The summed E-state index contributed by atoms with van der Waals surface area (Å²) >= 11 is 1.54. The number of thioether (sulfide) groups is 1. The Morgan fingerprint density at radius 3 is 2.27 bits per heavy atom. The highest BCUT2D eigenvalue weighted by Gasteiger charge is 2.33. The highest BCUT2D eigenvalue weighted by Crippen LogP contribution is 2.21. The zero-order chi connectivity index (χ0) is 22.5. The molecule has 170 valence electrons. The van der Waals surface area contributed by atoms with Crippen molar-refractivity contribution in [2.45, 2.75) is 38.1 Å². The third-order valence-electron chi connectivity index (χ3n) is 5.28. The summed E-state index contributed by atoms with van der Waals surface area (Å²) in [7, 11) is -7.16. The minimum Gasteiger partial charge on any atom is -0.339 e. The molecule has 0 spiro atoms. The zero-order valence-electron chi connectivity index (χ0n) is 17.9. The molecule has 1 amide bonds. The second kappa shape index (κ2) is 10.4. The number of amides is 1. The minimum atomic E-state index is -3.64. The van der Waals surface area contributed by atoms with Crippen molar-refractivity contribution in [1.82, 2.24) is 13.9 Å². The number of hydrogen-bond acceptors (Lipinski definition) is 6. The lowest BCUT2D eigenvalue weighted by atomic mass is 10.1. The number of aryl methyl sites for hydroxylation is 2. The van der Waals surface area contributed by atoms with Crippen LogP contribution in [0.25, 0.3) is 0 Å². The molecule has 30 heavy (non-hydrogen) atoms. The van der Waals surface area contributed by atoms with Gasteiger partial charge in [0, 0.05) is 26.2 Å². The zero-order valence-corrected chi connectivity index (χ0v) is 20.4. The Labute approximate surface area is 184 Å². The van der Waals surface area contributed by atoms with Crippen LogP contribution in [0.4, 0.5) is 0 Å². The van der Waals surface area contributed by atoms with Gasteiger partial charge >= 0.3 is 0 Å². The molecule has 0 aliphatic carbocycles.